The summed E-state index contributed by atoms with van der Waals surface area (Å²) in [7, 11) is 3.28. The van der Waals surface area contributed by atoms with Gasteiger partial charge in [0, 0.05) is 38.6 Å². The Bertz CT molecular complexity index is 447. The molecule has 1 aromatic carbocycles. The minimum absolute atomic E-state index is 0.127. The highest BCUT2D eigenvalue weighted by Gasteiger charge is 2.33. The minimum atomic E-state index is -0.127. The minimum Gasteiger partial charge on any atom is -0.497 e. The molecule has 0 bridgehead atoms. The van der Waals surface area contributed by atoms with E-state index >= 15 is 0 Å². The SMILES string of the molecule is COCCN1CC(C(N)c2ccc(OC)cc2)CC1=O. The van der Waals surface area contributed by atoms with Crippen LogP contribution in [0.3, 0.4) is 0 Å². The summed E-state index contributed by atoms with van der Waals surface area (Å²) in [5.74, 6) is 1.13. The topological polar surface area (TPSA) is 64.8 Å². The van der Waals surface area contributed by atoms with E-state index in [4.69, 9.17) is 15.2 Å². The Morgan fingerprint density at radius 2 is 2.05 bits per heavy atom. The highest BCUT2D eigenvalue weighted by molar-refractivity contribution is 5.78. The molecule has 1 fully saturated rings. The Balaban J connectivity index is 1.98. The lowest BCUT2D eigenvalue weighted by Gasteiger charge is -2.20. The van der Waals surface area contributed by atoms with Crippen molar-refractivity contribution in [3.05, 3.63) is 29.8 Å². The van der Waals surface area contributed by atoms with Gasteiger partial charge in [-0.3, -0.25) is 4.79 Å². The second kappa shape index (κ2) is 6.72. The van der Waals surface area contributed by atoms with Gasteiger partial charge >= 0.3 is 0 Å². The molecule has 0 spiro atoms. The summed E-state index contributed by atoms with van der Waals surface area (Å²) in [5, 5.41) is 0. The molecule has 110 valence electrons. The molecule has 5 heteroatoms. The van der Waals surface area contributed by atoms with E-state index in [1.54, 1.807) is 14.2 Å². The average Bonchev–Trinajstić information content (AvgIpc) is 2.85. The van der Waals surface area contributed by atoms with Gasteiger partial charge in [-0.25, -0.2) is 0 Å². The van der Waals surface area contributed by atoms with Crippen molar-refractivity contribution in [1.82, 2.24) is 4.90 Å². The van der Waals surface area contributed by atoms with Gasteiger partial charge in [-0.15, -0.1) is 0 Å². The Hall–Kier alpha value is -1.59. The number of rotatable bonds is 6. The molecular formula is C15H22N2O3. The molecule has 1 heterocycles. The van der Waals surface area contributed by atoms with E-state index in [-0.39, 0.29) is 17.9 Å². The number of amides is 1. The van der Waals surface area contributed by atoms with Crippen LogP contribution in [-0.2, 0) is 9.53 Å². The fourth-order valence-electron chi connectivity index (χ4n) is 2.56. The zero-order valence-corrected chi connectivity index (χ0v) is 12.0. The van der Waals surface area contributed by atoms with E-state index in [0.717, 1.165) is 11.3 Å². The lowest BCUT2D eigenvalue weighted by Crippen LogP contribution is -2.30. The number of carbonyl (C=O) groups is 1. The molecule has 0 saturated carbocycles. The molecule has 0 aliphatic carbocycles. The normalized spacial score (nSPS) is 20.2. The van der Waals surface area contributed by atoms with E-state index in [1.807, 2.05) is 29.2 Å². The molecule has 20 heavy (non-hydrogen) atoms. The molecule has 5 nitrogen and oxygen atoms in total. The van der Waals surface area contributed by atoms with Crippen molar-refractivity contribution in [3.8, 4) is 5.75 Å². The molecule has 0 radical (unpaired) electrons. The van der Waals surface area contributed by atoms with Crippen LogP contribution in [0.25, 0.3) is 0 Å². The third kappa shape index (κ3) is 3.29. The predicted molar refractivity (Wildman–Crippen MR) is 76.5 cm³/mol. The third-order valence-corrected chi connectivity index (χ3v) is 3.82. The standard InChI is InChI=1S/C15H22N2O3/c1-19-8-7-17-10-12(9-14(17)18)15(16)11-3-5-13(20-2)6-4-11/h3-6,12,15H,7-10,16H2,1-2H3. The molecule has 2 atom stereocenters. The first-order valence-corrected chi connectivity index (χ1v) is 6.82. The Labute approximate surface area is 119 Å². The van der Waals surface area contributed by atoms with Gasteiger partial charge in [0.1, 0.15) is 5.75 Å². The molecule has 1 amide bonds. The van der Waals surface area contributed by atoms with Gasteiger partial charge in [0.05, 0.1) is 13.7 Å². The van der Waals surface area contributed by atoms with Crippen LogP contribution in [0.1, 0.15) is 18.0 Å². The summed E-state index contributed by atoms with van der Waals surface area (Å²) in [6.45, 7) is 1.91. The van der Waals surface area contributed by atoms with Crippen molar-refractivity contribution in [2.24, 2.45) is 11.7 Å². The van der Waals surface area contributed by atoms with Crippen LogP contribution in [0.15, 0.2) is 24.3 Å². The number of likely N-dealkylation sites (tertiary alicyclic amines) is 1. The maximum Gasteiger partial charge on any atom is 0.223 e. The number of nitrogens with two attached hydrogens (primary N) is 1. The van der Waals surface area contributed by atoms with Crippen LogP contribution >= 0.6 is 0 Å². The number of ether oxygens (including phenoxy) is 2. The number of benzene rings is 1. The van der Waals surface area contributed by atoms with E-state index in [9.17, 15) is 4.79 Å². The number of nitrogens with zero attached hydrogens (tertiary/aromatic N) is 1. The van der Waals surface area contributed by atoms with Crippen LogP contribution < -0.4 is 10.5 Å². The van der Waals surface area contributed by atoms with Crippen molar-refractivity contribution in [2.75, 3.05) is 33.9 Å². The quantitative estimate of drug-likeness (QED) is 0.849. The van der Waals surface area contributed by atoms with Crippen LogP contribution in [0.4, 0.5) is 0 Å². The summed E-state index contributed by atoms with van der Waals surface area (Å²) in [6, 6.07) is 7.60. The van der Waals surface area contributed by atoms with Crippen molar-refractivity contribution >= 4 is 5.91 Å². The largest absolute Gasteiger partial charge is 0.497 e. The second-order valence-electron chi connectivity index (χ2n) is 5.10. The first-order chi connectivity index (χ1) is 9.65. The molecule has 1 saturated heterocycles. The number of carbonyl (C=O) groups excluding carboxylic acids is 1. The Kier molecular flexibility index (Phi) is 4.98. The van der Waals surface area contributed by atoms with Gasteiger partial charge < -0.3 is 20.1 Å². The molecule has 2 unspecified atom stereocenters. The molecule has 1 aliphatic heterocycles. The maximum absolute atomic E-state index is 11.9. The van der Waals surface area contributed by atoms with Crippen molar-refractivity contribution in [2.45, 2.75) is 12.5 Å². The molecule has 0 aromatic heterocycles. The van der Waals surface area contributed by atoms with Crippen LogP contribution in [-0.4, -0.2) is 44.7 Å². The van der Waals surface area contributed by atoms with Crippen molar-refractivity contribution < 1.29 is 14.3 Å². The van der Waals surface area contributed by atoms with Gasteiger partial charge in [-0.1, -0.05) is 12.1 Å². The zero-order valence-electron chi connectivity index (χ0n) is 12.0. The van der Waals surface area contributed by atoms with E-state index in [0.29, 0.717) is 26.1 Å². The lowest BCUT2D eigenvalue weighted by atomic mass is 9.93. The van der Waals surface area contributed by atoms with Gasteiger partial charge in [0.15, 0.2) is 0 Å². The third-order valence-electron chi connectivity index (χ3n) is 3.82. The summed E-state index contributed by atoms with van der Waals surface area (Å²) in [6.07, 6.45) is 0.511. The predicted octanol–water partition coefficient (Wildman–Crippen LogP) is 1.19. The summed E-state index contributed by atoms with van der Waals surface area (Å²) in [5.41, 5.74) is 7.33. The number of hydrogen-bond donors (Lipinski definition) is 1. The van der Waals surface area contributed by atoms with Crippen molar-refractivity contribution in [1.29, 1.82) is 0 Å². The smallest absolute Gasteiger partial charge is 0.223 e. The van der Waals surface area contributed by atoms with Crippen LogP contribution in [0.5, 0.6) is 5.75 Å². The zero-order chi connectivity index (χ0) is 14.5. The van der Waals surface area contributed by atoms with Gasteiger partial charge in [0.2, 0.25) is 5.91 Å². The summed E-state index contributed by atoms with van der Waals surface area (Å²) < 4.78 is 10.2. The Morgan fingerprint density at radius 3 is 2.65 bits per heavy atom. The van der Waals surface area contributed by atoms with Gasteiger partial charge in [0.25, 0.3) is 0 Å². The van der Waals surface area contributed by atoms with Crippen LogP contribution in [0.2, 0.25) is 0 Å². The van der Waals surface area contributed by atoms with E-state index in [2.05, 4.69) is 0 Å². The van der Waals surface area contributed by atoms with Crippen molar-refractivity contribution in [3.63, 3.8) is 0 Å². The van der Waals surface area contributed by atoms with Gasteiger partial charge in [-0.2, -0.15) is 0 Å². The first kappa shape index (κ1) is 14.8. The number of methoxy groups -OCH3 is 2. The summed E-state index contributed by atoms with van der Waals surface area (Å²) in [4.78, 5) is 13.8. The molecule has 2 rings (SSSR count). The number of hydrogen-bond acceptors (Lipinski definition) is 4. The molecule has 1 aromatic rings. The molecular weight excluding hydrogens is 256 g/mol. The fourth-order valence-corrected chi connectivity index (χ4v) is 2.56. The van der Waals surface area contributed by atoms with Gasteiger partial charge in [-0.05, 0) is 17.7 Å². The average molecular weight is 278 g/mol. The monoisotopic (exact) mass is 278 g/mol. The highest BCUT2D eigenvalue weighted by atomic mass is 16.5. The summed E-state index contributed by atoms with van der Waals surface area (Å²) >= 11 is 0. The lowest BCUT2D eigenvalue weighted by molar-refractivity contribution is -0.128. The first-order valence-electron chi connectivity index (χ1n) is 6.82. The highest BCUT2D eigenvalue weighted by Crippen LogP contribution is 2.29. The molecule has 2 N–H and O–H groups in total. The molecule has 1 aliphatic rings. The van der Waals surface area contributed by atoms with E-state index < -0.39 is 0 Å². The fraction of sp³-hybridized carbons (Fsp3) is 0.533. The Morgan fingerprint density at radius 1 is 1.35 bits per heavy atom. The van der Waals surface area contributed by atoms with E-state index in [1.165, 1.54) is 0 Å². The maximum atomic E-state index is 11.9. The second-order valence-corrected chi connectivity index (χ2v) is 5.10. The van der Waals surface area contributed by atoms with Crippen LogP contribution in [0, 0.1) is 5.92 Å².